The van der Waals surface area contributed by atoms with Crippen LogP contribution in [0.1, 0.15) is 24.2 Å². The number of esters is 1. The molecule has 0 heterocycles. The van der Waals surface area contributed by atoms with Crippen LogP contribution in [0.2, 0.25) is 0 Å². The maximum Gasteiger partial charge on any atom is 0.313 e. The van der Waals surface area contributed by atoms with E-state index in [-0.39, 0.29) is 5.78 Å². The lowest BCUT2D eigenvalue weighted by Gasteiger charge is -2.32. The molecule has 0 radical (unpaired) electrons. The molecule has 1 N–H and O–H groups in total. The van der Waals surface area contributed by atoms with Crippen molar-refractivity contribution in [1.29, 1.82) is 0 Å². The van der Waals surface area contributed by atoms with Crippen molar-refractivity contribution in [1.82, 2.24) is 0 Å². The lowest BCUT2D eigenvalue weighted by molar-refractivity contribution is -0.151. The van der Waals surface area contributed by atoms with Crippen LogP contribution in [0.5, 0.6) is 0 Å². The molecule has 2 rings (SSSR count). The molecule has 0 spiro atoms. The van der Waals surface area contributed by atoms with Crippen molar-refractivity contribution in [3.63, 3.8) is 0 Å². The highest BCUT2D eigenvalue weighted by atomic mass is 16.5. The molecule has 4 nitrogen and oxygen atoms in total. The number of benzene rings is 2. The van der Waals surface area contributed by atoms with Crippen LogP contribution < -0.4 is 5.32 Å². The first-order valence-electron chi connectivity index (χ1n) is 7.46. The van der Waals surface area contributed by atoms with Gasteiger partial charge in [0.1, 0.15) is 6.04 Å². The molecular weight excluding hydrogens is 290 g/mol. The summed E-state index contributed by atoms with van der Waals surface area (Å²) in [6.07, 6.45) is 0. The number of carbonyl (C=O) groups is 2. The molecule has 1 unspecified atom stereocenters. The molecule has 0 fully saturated rings. The predicted octanol–water partition coefficient (Wildman–Crippen LogP) is 3.55. The highest BCUT2D eigenvalue weighted by Gasteiger charge is 2.42. The predicted molar refractivity (Wildman–Crippen MR) is 90.4 cm³/mol. The summed E-state index contributed by atoms with van der Waals surface area (Å²) in [6.45, 7) is 3.42. The van der Waals surface area contributed by atoms with Gasteiger partial charge in [0.05, 0.1) is 12.5 Å². The summed E-state index contributed by atoms with van der Waals surface area (Å²) >= 11 is 0. The van der Waals surface area contributed by atoms with Gasteiger partial charge < -0.3 is 10.1 Å². The van der Waals surface area contributed by atoms with Gasteiger partial charge in [-0.15, -0.1) is 0 Å². The maximum absolute atomic E-state index is 12.9. The summed E-state index contributed by atoms with van der Waals surface area (Å²) in [4.78, 5) is 25.1. The van der Waals surface area contributed by atoms with Crippen molar-refractivity contribution in [3.8, 4) is 0 Å². The molecule has 120 valence electrons. The second kappa shape index (κ2) is 7.09. The smallest absolute Gasteiger partial charge is 0.313 e. The van der Waals surface area contributed by atoms with E-state index in [0.717, 1.165) is 5.69 Å². The van der Waals surface area contributed by atoms with Crippen molar-refractivity contribution >= 4 is 17.4 Å². The molecule has 4 heteroatoms. The van der Waals surface area contributed by atoms with Crippen LogP contribution in [0.4, 0.5) is 5.69 Å². The van der Waals surface area contributed by atoms with E-state index in [4.69, 9.17) is 4.74 Å². The van der Waals surface area contributed by atoms with E-state index in [2.05, 4.69) is 5.32 Å². The summed E-state index contributed by atoms with van der Waals surface area (Å²) in [7, 11) is 1.33. The summed E-state index contributed by atoms with van der Waals surface area (Å²) in [6, 6.07) is 17.6. The molecule has 23 heavy (non-hydrogen) atoms. The molecule has 1 atom stereocenters. The normalized spacial score (nSPS) is 12.3. The van der Waals surface area contributed by atoms with Crippen LogP contribution in [0.3, 0.4) is 0 Å². The van der Waals surface area contributed by atoms with Gasteiger partial charge in [-0.2, -0.15) is 0 Å². The van der Waals surface area contributed by atoms with Crippen LogP contribution >= 0.6 is 0 Å². The third-order valence-electron chi connectivity index (χ3n) is 3.84. The molecule has 0 aliphatic carbocycles. The number of rotatable bonds is 6. The van der Waals surface area contributed by atoms with Gasteiger partial charge in [-0.1, -0.05) is 48.5 Å². The molecule has 0 saturated carbocycles. The van der Waals surface area contributed by atoms with E-state index >= 15 is 0 Å². The van der Waals surface area contributed by atoms with Crippen LogP contribution in [0, 0.1) is 5.41 Å². The Balaban J connectivity index is 2.39. The topological polar surface area (TPSA) is 55.4 Å². The molecular formula is C19H21NO3. The number of ether oxygens (including phenoxy) is 1. The summed E-state index contributed by atoms with van der Waals surface area (Å²) < 4.78 is 4.89. The summed E-state index contributed by atoms with van der Waals surface area (Å²) in [5.74, 6) is -0.583. The number of Topliss-reactive ketones (excluding diaryl/α,β-unsaturated/α-hetero) is 1. The summed E-state index contributed by atoms with van der Waals surface area (Å²) in [5.41, 5.74) is 0.314. The minimum Gasteiger partial charge on any atom is -0.469 e. The number of ketones is 1. The minimum absolute atomic E-state index is 0.148. The molecule has 0 aliphatic rings. The molecule has 0 aliphatic heterocycles. The Kier molecular flexibility index (Phi) is 5.16. The third kappa shape index (κ3) is 3.77. The molecule has 2 aromatic rings. The van der Waals surface area contributed by atoms with Gasteiger partial charge >= 0.3 is 5.97 Å². The number of para-hydroxylation sites is 1. The molecule has 0 saturated heterocycles. The van der Waals surface area contributed by atoms with Gasteiger partial charge in [0, 0.05) is 11.3 Å². The first kappa shape index (κ1) is 16.7. The van der Waals surface area contributed by atoms with E-state index in [0.29, 0.717) is 5.56 Å². The van der Waals surface area contributed by atoms with Gasteiger partial charge in [-0.3, -0.25) is 9.59 Å². The van der Waals surface area contributed by atoms with Gasteiger partial charge in [0.25, 0.3) is 0 Å². The number of anilines is 1. The lowest BCUT2D eigenvalue weighted by Crippen LogP contribution is -2.48. The zero-order valence-electron chi connectivity index (χ0n) is 13.6. The van der Waals surface area contributed by atoms with Gasteiger partial charge in [-0.05, 0) is 26.0 Å². The zero-order chi connectivity index (χ0) is 16.9. The fourth-order valence-electron chi connectivity index (χ4n) is 2.42. The average molecular weight is 311 g/mol. The molecule has 0 amide bonds. The van der Waals surface area contributed by atoms with Crippen LogP contribution in [0.15, 0.2) is 60.7 Å². The monoisotopic (exact) mass is 311 g/mol. The Hall–Kier alpha value is -2.62. The van der Waals surface area contributed by atoms with Gasteiger partial charge in [0.2, 0.25) is 0 Å². The van der Waals surface area contributed by atoms with E-state index in [1.807, 2.05) is 36.4 Å². The molecule has 0 bridgehead atoms. The third-order valence-corrected chi connectivity index (χ3v) is 3.84. The zero-order valence-corrected chi connectivity index (χ0v) is 13.6. The van der Waals surface area contributed by atoms with Crippen molar-refractivity contribution in [3.05, 3.63) is 66.2 Å². The Morgan fingerprint density at radius 3 is 2.00 bits per heavy atom. The van der Waals surface area contributed by atoms with Crippen molar-refractivity contribution < 1.29 is 14.3 Å². The average Bonchev–Trinajstić information content (AvgIpc) is 2.59. The van der Waals surface area contributed by atoms with E-state index < -0.39 is 17.4 Å². The summed E-state index contributed by atoms with van der Waals surface area (Å²) in [5, 5.41) is 3.18. The van der Waals surface area contributed by atoms with Crippen LogP contribution in [-0.2, 0) is 9.53 Å². The molecule has 0 aromatic heterocycles. The maximum atomic E-state index is 12.9. The number of hydrogen-bond donors (Lipinski definition) is 1. The second-order valence-corrected chi connectivity index (χ2v) is 5.89. The fraction of sp³-hybridized carbons (Fsp3) is 0.263. The van der Waals surface area contributed by atoms with Crippen LogP contribution in [0.25, 0.3) is 0 Å². The minimum atomic E-state index is -1.02. The van der Waals surface area contributed by atoms with Crippen molar-refractivity contribution in [2.45, 2.75) is 19.9 Å². The molecule has 2 aromatic carbocycles. The number of carbonyl (C=O) groups excluding carboxylic acids is 2. The van der Waals surface area contributed by atoms with E-state index in [1.54, 1.807) is 38.1 Å². The van der Waals surface area contributed by atoms with Crippen LogP contribution in [-0.4, -0.2) is 24.9 Å². The number of methoxy groups -OCH3 is 1. The second-order valence-electron chi connectivity index (χ2n) is 5.89. The SMILES string of the molecule is COC(=O)C(C)(C)C(Nc1ccccc1)C(=O)c1ccccc1. The first-order chi connectivity index (χ1) is 11.0. The van der Waals surface area contributed by atoms with Gasteiger partial charge in [0.15, 0.2) is 5.78 Å². The van der Waals surface area contributed by atoms with E-state index in [9.17, 15) is 9.59 Å². The van der Waals surface area contributed by atoms with Crippen molar-refractivity contribution in [2.75, 3.05) is 12.4 Å². The number of hydrogen-bond acceptors (Lipinski definition) is 4. The fourth-order valence-corrected chi connectivity index (χ4v) is 2.42. The standard InChI is InChI=1S/C19H21NO3/c1-19(2,18(22)23-3)17(20-15-12-8-5-9-13-15)16(21)14-10-6-4-7-11-14/h4-13,17,20H,1-3H3. The first-order valence-corrected chi connectivity index (χ1v) is 7.46. The largest absolute Gasteiger partial charge is 0.469 e. The Bertz CT molecular complexity index is 666. The van der Waals surface area contributed by atoms with E-state index in [1.165, 1.54) is 7.11 Å². The quantitative estimate of drug-likeness (QED) is 0.655. The van der Waals surface area contributed by atoms with Gasteiger partial charge in [-0.25, -0.2) is 0 Å². The van der Waals surface area contributed by atoms with Crippen molar-refractivity contribution in [2.24, 2.45) is 5.41 Å². The lowest BCUT2D eigenvalue weighted by atomic mass is 9.80. The Morgan fingerprint density at radius 2 is 1.48 bits per heavy atom. The number of nitrogens with one attached hydrogen (secondary N) is 1. The highest BCUT2D eigenvalue weighted by molar-refractivity contribution is 6.04. The Labute approximate surface area is 136 Å². The Morgan fingerprint density at radius 1 is 0.957 bits per heavy atom. The highest BCUT2D eigenvalue weighted by Crippen LogP contribution is 2.28.